The Labute approximate surface area is 295 Å². The summed E-state index contributed by atoms with van der Waals surface area (Å²) >= 11 is 6.60. The fraction of sp³-hybridized carbons (Fsp3) is 0.441. The van der Waals surface area contributed by atoms with Crippen LogP contribution in [0.5, 0.6) is 5.75 Å². The number of aliphatic imine (C=N–C) groups is 1. The minimum Gasteiger partial charge on any atom is -0.506 e. The number of piperidine rings is 2. The molecule has 12 nitrogen and oxygen atoms in total. The number of methoxy groups -OCH3 is 1. The number of nitrogens with zero attached hydrogens (tertiary/aromatic N) is 4. The molecule has 3 aliphatic rings. The predicted molar refractivity (Wildman–Crippen MR) is 185 cm³/mol. The number of hydrogen-bond acceptors (Lipinski definition) is 8. The Kier molecular flexibility index (Phi) is 12.0. The first-order valence-electron chi connectivity index (χ1n) is 15.8. The molecule has 0 aliphatic carbocycles. The maximum Gasteiger partial charge on any atom is 0.410 e. The van der Waals surface area contributed by atoms with Crippen LogP contribution in [0.4, 0.5) is 15.3 Å². The molecular formula is C34H37Br2N5O7. The maximum absolute atomic E-state index is 13.4. The Balaban J connectivity index is 1.26. The van der Waals surface area contributed by atoms with Crippen molar-refractivity contribution in [3.8, 4) is 5.75 Å². The third-order valence-corrected chi connectivity index (χ3v) is 10.0. The van der Waals surface area contributed by atoms with Gasteiger partial charge in [-0.2, -0.15) is 4.99 Å². The van der Waals surface area contributed by atoms with Crippen molar-refractivity contribution in [2.45, 2.75) is 63.1 Å². The number of fused-ring (bicyclic) bond motifs is 1. The summed E-state index contributed by atoms with van der Waals surface area (Å²) in [5.74, 6) is 1.39. The van der Waals surface area contributed by atoms with Crippen molar-refractivity contribution in [1.82, 2.24) is 14.7 Å². The van der Waals surface area contributed by atoms with Gasteiger partial charge in [-0.15, -0.1) is 0 Å². The van der Waals surface area contributed by atoms with Gasteiger partial charge in [0.15, 0.2) is 6.10 Å². The number of carbonyl (C=O) groups is 4. The van der Waals surface area contributed by atoms with E-state index in [9.17, 15) is 24.3 Å². The first kappa shape index (κ1) is 35.2. The van der Waals surface area contributed by atoms with E-state index in [2.05, 4.69) is 53.8 Å². The van der Waals surface area contributed by atoms with Gasteiger partial charge in [-0.25, -0.2) is 14.4 Å². The van der Waals surface area contributed by atoms with Crippen molar-refractivity contribution in [2.24, 2.45) is 4.99 Å². The molecule has 2 saturated heterocycles. The minimum atomic E-state index is -1.29. The van der Waals surface area contributed by atoms with Crippen molar-refractivity contribution >= 4 is 67.4 Å². The lowest BCUT2D eigenvalue weighted by molar-refractivity contribution is -0.147. The molecule has 0 spiro atoms. The highest BCUT2D eigenvalue weighted by Gasteiger charge is 2.34. The molecule has 3 aliphatic heterocycles. The SMILES string of the molecule is COC(=O)[C@@H]1CCCCN1C=C=C=NC(=O)[C@@H](Cc1cc(Br)c(O)c(Br)c1)OC(=O)N1CCC(N2CCc3ccccc3NC2=O)CC1. The van der Waals surface area contributed by atoms with Gasteiger partial charge in [0, 0.05) is 50.2 Å². The van der Waals surface area contributed by atoms with Crippen LogP contribution in [-0.4, -0.2) is 101 Å². The van der Waals surface area contributed by atoms with Gasteiger partial charge in [-0.1, -0.05) is 18.2 Å². The van der Waals surface area contributed by atoms with Gasteiger partial charge in [0.1, 0.15) is 11.8 Å². The molecule has 48 heavy (non-hydrogen) atoms. The maximum atomic E-state index is 13.4. The number of hydrogen-bond donors (Lipinski definition) is 2. The molecule has 0 radical (unpaired) electrons. The molecule has 2 aromatic rings. The highest BCUT2D eigenvalue weighted by atomic mass is 79.9. The monoisotopic (exact) mass is 785 g/mol. The number of esters is 1. The molecule has 4 amide bonds. The average molecular weight is 788 g/mol. The van der Waals surface area contributed by atoms with E-state index in [4.69, 9.17) is 9.47 Å². The van der Waals surface area contributed by atoms with Crippen LogP contribution >= 0.6 is 31.9 Å². The minimum absolute atomic E-state index is 0.00229. The number of urea groups is 1. The van der Waals surface area contributed by atoms with E-state index in [0.29, 0.717) is 60.0 Å². The molecule has 0 aromatic heterocycles. The lowest BCUT2D eigenvalue weighted by atomic mass is 10.0. The lowest BCUT2D eigenvalue weighted by Gasteiger charge is -2.37. The number of phenolic OH excluding ortho intramolecular Hbond substituents is 1. The number of rotatable bonds is 7. The van der Waals surface area contributed by atoms with Crippen LogP contribution in [-0.2, 0) is 31.9 Å². The molecule has 2 N–H and O–H groups in total. The Hall–Kier alpha value is -4.09. The summed E-state index contributed by atoms with van der Waals surface area (Å²) in [7, 11) is 1.34. The first-order chi connectivity index (χ1) is 23.1. The predicted octanol–water partition coefficient (Wildman–Crippen LogP) is 5.41. The fourth-order valence-electron chi connectivity index (χ4n) is 6.19. The van der Waals surface area contributed by atoms with Crippen molar-refractivity contribution in [1.29, 1.82) is 0 Å². The van der Waals surface area contributed by atoms with Crippen LogP contribution in [0.15, 0.2) is 62.3 Å². The molecular weight excluding hydrogens is 750 g/mol. The van der Waals surface area contributed by atoms with Gasteiger partial charge < -0.3 is 34.6 Å². The Bertz CT molecular complexity index is 1620. The highest BCUT2D eigenvalue weighted by Crippen LogP contribution is 2.34. The number of likely N-dealkylation sites (tertiary alicyclic amines) is 2. The number of para-hydroxylation sites is 1. The van der Waals surface area contributed by atoms with E-state index in [1.807, 2.05) is 29.2 Å². The molecule has 14 heteroatoms. The van der Waals surface area contributed by atoms with Crippen molar-refractivity contribution in [2.75, 3.05) is 38.6 Å². The Morgan fingerprint density at radius 2 is 1.81 bits per heavy atom. The summed E-state index contributed by atoms with van der Waals surface area (Å²) < 4.78 is 11.5. The number of amides is 4. The highest BCUT2D eigenvalue weighted by molar-refractivity contribution is 9.11. The topological polar surface area (TPSA) is 141 Å². The van der Waals surface area contributed by atoms with E-state index in [-0.39, 0.29) is 30.2 Å². The number of carbonyl (C=O) groups excluding carboxylic acids is 4. The van der Waals surface area contributed by atoms with Crippen LogP contribution < -0.4 is 5.32 Å². The van der Waals surface area contributed by atoms with Gasteiger partial charge in [-0.3, -0.25) is 4.79 Å². The average Bonchev–Trinajstić information content (AvgIpc) is 3.26. The van der Waals surface area contributed by atoms with Gasteiger partial charge in [0.25, 0.3) is 5.91 Å². The number of ether oxygens (including phenoxy) is 2. The molecule has 5 rings (SSSR count). The summed E-state index contributed by atoms with van der Waals surface area (Å²) in [6.07, 6.45) is 3.85. The summed E-state index contributed by atoms with van der Waals surface area (Å²) in [6, 6.07) is 10.4. The smallest absolute Gasteiger partial charge is 0.410 e. The van der Waals surface area contributed by atoms with Gasteiger partial charge in [0.2, 0.25) is 0 Å². The molecule has 254 valence electrons. The molecule has 0 bridgehead atoms. The van der Waals surface area contributed by atoms with E-state index >= 15 is 0 Å². The zero-order valence-electron chi connectivity index (χ0n) is 26.5. The van der Waals surface area contributed by atoms with E-state index < -0.39 is 24.1 Å². The molecule has 3 heterocycles. The van der Waals surface area contributed by atoms with Crippen LogP contribution in [0.1, 0.15) is 43.2 Å². The summed E-state index contributed by atoms with van der Waals surface area (Å²) in [5.41, 5.74) is 5.24. The normalized spacial score (nSPS) is 18.7. The Morgan fingerprint density at radius 3 is 2.54 bits per heavy atom. The summed E-state index contributed by atoms with van der Waals surface area (Å²) in [5, 5.41) is 13.1. The van der Waals surface area contributed by atoms with Gasteiger partial charge >= 0.3 is 18.1 Å². The summed E-state index contributed by atoms with van der Waals surface area (Å²) in [6.45, 7) is 1.90. The lowest BCUT2D eigenvalue weighted by Crippen LogP contribution is -2.50. The van der Waals surface area contributed by atoms with Crippen molar-refractivity contribution in [3.63, 3.8) is 0 Å². The van der Waals surface area contributed by atoms with Gasteiger partial charge in [-0.05, 0) is 105 Å². The summed E-state index contributed by atoms with van der Waals surface area (Å²) in [4.78, 5) is 60.9. The number of aromatic hydroxyl groups is 1. The fourth-order valence-corrected chi connectivity index (χ4v) is 7.47. The van der Waals surface area contributed by atoms with Gasteiger partial charge in [0.05, 0.1) is 22.3 Å². The van der Waals surface area contributed by atoms with Crippen LogP contribution in [0, 0.1) is 0 Å². The zero-order valence-corrected chi connectivity index (χ0v) is 29.7. The third kappa shape index (κ3) is 8.68. The molecule has 2 aromatic carbocycles. The number of halogens is 2. The van der Waals surface area contributed by atoms with E-state index in [1.54, 1.807) is 17.0 Å². The van der Waals surface area contributed by atoms with Crippen molar-refractivity contribution < 1.29 is 33.8 Å². The number of benzene rings is 2. The number of phenols is 1. The second-order valence-electron chi connectivity index (χ2n) is 11.8. The number of anilines is 1. The second kappa shape index (κ2) is 16.3. The Morgan fingerprint density at radius 1 is 1.08 bits per heavy atom. The van der Waals surface area contributed by atoms with E-state index in [0.717, 1.165) is 30.5 Å². The van der Waals surface area contributed by atoms with Crippen LogP contribution in [0.25, 0.3) is 0 Å². The largest absolute Gasteiger partial charge is 0.506 e. The first-order valence-corrected chi connectivity index (χ1v) is 17.4. The quantitative estimate of drug-likeness (QED) is 0.216. The second-order valence-corrected chi connectivity index (χ2v) is 13.6. The standard InChI is InChI=1S/C34H37Br2N5O7/c1-47-32(44)28-9-4-5-14-39(28)15-6-13-37-31(43)29(21-22-19-25(35)30(42)26(36)20-22)48-34(46)40-16-11-24(12-17-40)41-18-10-23-7-2-3-8-27(23)38-33(41)45/h2-3,7-8,15,19-20,24,28-29,42H,4-5,9-12,14,16-18,21H2,1H3,(H,38,45)/t28-,29+/m0/s1. The number of nitrogens with one attached hydrogen (secondary N) is 1. The van der Waals surface area contributed by atoms with Crippen LogP contribution in [0.3, 0.4) is 0 Å². The van der Waals surface area contributed by atoms with Crippen LogP contribution in [0.2, 0.25) is 0 Å². The van der Waals surface area contributed by atoms with Crippen molar-refractivity contribution in [3.05, 3.63) is 68.4 Å². The zero-order chi connectivity index (χ0) is 34.2. The van der Waals surface area contributed by atoms with E-state index in [1.165, 1.54) is 18.2 Å². The molecule has 2 fully saturated rings. The molecule has 2 atom stereocenters. The molecule has 0 unspecified atom stereocenters. The molecule has 0 saturated carbocycles. The third-order valence-electron chi connectivity index (χ3n) is 8.80.